The van der Waals surface area contributed by atoms with Crippen molar-refractivity contribution in [3.05, 3.63) is 47.7 Å². The Balaban J connectivity index is 1.84. The van der Waals surface area contributed by atoms with E-state index in [0.29, 0.717) is 18.8 Å². The third-order valence-electron chi connectivity index (χ3n) is 4.04. The van der Waals surface area contributed by atoms with Crippen LogP contribution in [0.1, 0.15) is 25.7 Å². The fraction of sp³-hybridized carbons (Fsp3) is 0.294. The van der Waals surface area contributed by atoms with Crippen LogP contribution in [0.25, 0.3) is 0 Å². The lowest BCUT2D eigenvalue weighted by molar-refractivity contribution is 0.591. The number of hydrogen-bond acceptors (Lipinski definition) is 6. The number of benzene rings is 1. The van der Waals surface area contributed by atoms with E-state index in [1.807, 2.05) is 0 Å². The minimum Gasteiger partial charge on any atom is -0.279 e. The predicted octanol–water partition coefficient (Wildman–Crippen LogP) is 2.79. The zero-order valence-corrected chi connectivity index (χ0v) is 17.2. The Morgan fingerprint density at radius 2 is 1.75 bits per heavy atom. The summed E-state index contributed by atoms with van der Waals surface area (Å²) in [6.45, 7) is 0.587. The van der Waals surface area contributed by atoms with Gasteiger partial charge in [0.05, 0.1) is 10.6 Å². The lowest BCUT2D eigenvalue weighted by Crippen LogP contribution is -2.30. The standard InChI is InChI=1S/C17H19ClN4O4S2/c18-17-15(8-5-11-20-17)28(25,26)21-13-6-4-7-14(12-13)27(23,24)22-16-9-2-1-3-10-19-16/h4-8,11-12,21H,1-3,9-10H2,(H,19,22). The van der Waals surface area contributed by atoms with Gasteiger partial charge in [0.1, 0.15) is 15.9 Å². The van der Waals surface area contributed by atoms with Crippen molar-refractivity contribution >= 4 is 43.2 Å². The molecule has 1 aromatic carbocycles. The van der Waals surface area contributed by atoms with E-state index in [2.05, 4.69) is 19.4 Å². The zero-order valence-electron chi connectivity index (χ0n) is 14.8. The molecule has 0 radical (unpaired) electrons. The van der Waals surface area contributed by atoms with Crippen molar-refractivity contribution in [2.75, 3.05) is 11.3 Å². The molecule has 2 heterocycles. The first-order valence-electron chi connectivity index (χ1n) is 8.57. The van der Waals surface area contributed by atoms with Crippen molar-refractivity contribution in [3.63, 3.8) is 0 Å². The van der Waals surface area contributed by atoms with Gasteiger partial charge in [-0.15, -0.1) is 0 Å². The van der Waals surface area contributed by atoms with E-state index in [4.69, 9.17) is 11.6 Å². The van der Waals surface area contributed by atoms with E-state index < -0.39 is 20.0 Å². The Hall–Kier alpha value is -2.17. The molecule has 2 aromatic rings. The highest BCUT2D eigenvalue weighted by Crippen LogP contribution is 2.23. The number of aromatic nitrogens is 1. The average Bonchev–Trinajstić information content (AvgIpc) is 2.90. The molecule has 8 nitrogen and oxygen atoms in total. The first kappa shape index (κ1) is 20.6. The van der Waals surface area contributed by atoms with Gasteiger partial charge in [-0.05, 0) is 43.2 Å². The maximum atomic E-state index is 12.7. The van der Waals surface area contributed by atoms with Crippen LogP contribution in [0, 0.1) is 0 Å². The molecule has 0 unspecified atom stereocenters. The van der Waals surface area contributed by atoms with Gasteiger partial charge in [0.2, 0.25) is 0 Å². The quantitative estimate of drug-likeness (QED) is 0.690. The van der Waals surface area contributed by atoms with Crippen LogP contribution in [0.2, 0.25) is 5.15 Å². The van der Waals surface area contributed by atoms with Crippen LogP contribution >= 0.6 is 11.6 Å². The Bertz CT molecular complexity index is 1100. The summed E-state index contributed by atoms with van der Waals surface area (Å²) in [6.07, 6.45) is 4.73. The Morgan fingerprint density at radius 1 is 0.929 bits per heavy atom. The third-order valence-corrected chi connectivity index (χ3v) is 7.24. The van der Waals surface area contributed by atoms with Crippen molar-refractivity contribution in [1.82, 2.24) is 9.71 Å². The van der Waals surface area contributed by atoms with E-state index in [-0.39, 0.29) is 20.6 Å². The average molecular weight is 443 g/mol. The largest absolute Gasteiger partial charge is 0.279 e. The van der Waals surface area contributed by atoms with Gasteiger partial charge >= 0.3 is 0 Å². The van der Waals surface area contributed by atoms with Crippen LogP contribution in [-0.2, 0) is 20.0 Å². The molecule has 3 rings (SSSR count). The fourth-order valence-electron chi connectivity index (χ4n) is 2.68. The molecule has 0 fully saturated rings. The van der Waals surface area contributed by atoms with E-state index in [1.54, 1.807) is 0 Å². The molecule has 0 bridgehead atoms. The number of sulfonamides is 2. The van der Waals surface area contributed by atoms with E-state index in [1.165, 1.54) is 42.6 Å². The van der Waals surface area contributed by atoms with Crippen molar-refractivity contribution in [3.8, 4) is 0 Å². The van der Waals surface area contributed by atoms with Crippen molar-refractivity contribution in [2.24, 2.45) is 4.99 Å². The molecule has 150 valence electrons. The summed E-state index contributed by atoms with van der Waals surface area (Å²) in [5.41, 5.74) is 0.0885. The Kier molecular flexibility index (Phi) is 6.21. The molecule has 1 aliphatic heterocycles. The summed E-state index contributed by atoms with van der Waals surface area (Å²) >= 11 is 5.85. The number of hydrogen-bond donors (Lipinski definition) is 2. The van der Waals surface area contributed by atoms with Gasteiger partial charge in [0.25, 0.3) is 20.0 Å². The van der Waals surface area contributed by atoms with E-state index in [0.717, 1.165) is 19.3 Å². The molecule has 0 amide bonds. The van der Waals surface area contributed by atoms with Gasteiger partial charge in [0.15, 0.2) is 0 Å². The molecule has 1 aromatic heterocycles. The molecule has 1 aliphatic rings. The number of nitrogens with one attached hydrogen (secondary N) is 2. The van der Waals surface area contributed by atoms with Crippen LogP contribution in [0.4, 0.5) is 5.69 Å². The number of nitrogens with zero attached hydrogens (tertiary/aromatic N) is 2. The molecule has 0 aliphatic carbocycles. The summed E-state index contributed by atoms with van der Waals surface area (Å²) in [4.78, 5) is 7.73. The number of pyridine rings is 1. The van der Waals surface area contributed by atoms with Crippen LogP contribution in [0.5, 0.6) is 0 Å². The van der Waals surface area contributed by atoms with Crippen LogP contribution < -0.4 is 9.44 Å². The van der Waals surface area contributed by atoms with Gasteiger partial charge in [-0.3, -0.25) is 14.4 Å². The number of aliphatic imine (C=N–C) groups is 1. The summed E-state index contributed by atoms with van der Waals surface area (Å²) in [5, 5.41) is -0.174. The highest BCUT2D eigenvalue weighted by atomic mass is 35.5. The normalized spacial score (nSPS) is 15.4. The van der Waals surface area contributed by atoms with Crippen molar-refractivity contribution in [1.29, 1.82) is 0 Å². The third kappa shape index (κ3) is 5.00. The molecule has 2 N–H and O–H groups in total. The minimum absolute atomic E-state index is 0.0723. The first-order valence-corrected chi connectivity index (χ1v) is 11.9. The van der Waals surface area contributed by atoms with E-state index >= 15 is 0 Å². The lowest BCUT2D eigenvalue weighted by Gasteiger charge is -2.12. The molecule has 0 saturated heterocycles. The topological polar surface area (TPSA) is 118 Å². The molecule has 0 atom stereocenters. The van der Waals surface area contributed by atoms with Crippen LogP contribution in [0.15, 0.2) is 57.4 Å². The van der Waals surface area contributed by atoms with Gasteiger partial charge < -0.3 is 0 Å². The van der Waals surface area contributed by atoms with Gasteiger partial charge in [-0.2, -0.15) is 0 Å². The number of rotatable bonds is 5. The highest BCUT2D eigenvalue weighted by molar-refractivity contribution is 7.93. The van der Waals surface area contributed by atoms with Crippen LogP contribution in [-0.4, -0.2) is 34.2 Å². The van der Waals surface area contributed by atoms with Gasteiger partial charge in [-0.1, -0.05) is 24.1 Å². The summed E-state index contributed by atoms with van der Waals surface area (Å²) < 4.78 is 55.2. The Labute approximate surface area is 169 Å². The highest BCUT2D eigenvalue weighted by Gasteiger charge is 2.21. The summed E-state index contributed by atoms with van der Waals surface area (Å²) in [7, 11) is -7.90. The molecule has 0 spiro atoms. The first-order chi connectivity index (χ1) is 13.3. The SMILES string of the molecule is O=S(=O)(NC1=NCCCCC1)c1cccc(NS(=O)(=O)c2cccnc2Cl)c1. The maximum Gasteiger partial charge on any atom is 0.264 e. The summed E-state index contributed by atoms with van der Waals surface area (Å²) in [6, 6.07) is 8.27. The molecule has 11 heteroatoms. The smallest absolute Gasteiger partial charge is 0.264 e. The van der Waals surface area contributed by atoms with E-state index in [9.17, 15) is 16.8 Å². The second-order valence-electron chi connectivity index (χ2n) is 6.17. The monoisotopic (exact) mass is 442 g/mol. The Morgan fingerprint density at radius 3 is 2.54 bits per heavy atom. The lowest BCUT2D eigenvalue weighted by atomic mass is 10.2. The van der Waals surface area contributed by atoms with Crippen molar-refractivity contribution in [2.45, 2.75) is 35.5 Å². The number of anilines is 1. The molecular weight excluding hydrogens is 424 g/mol. The number of amidine groups is 1. The van der Waals surface area contributed by atoms with Crippen molar-refractivity contribution < 1.29 is 16.8 Å². The maximum absolute atomic E-state index is 12.7. The second-order valence-corrected chi connectivity index (χ2v) is 9.86. The fourth-order valence-corrected chi connectivity index (χ4v) is 5.32. The van der Waals surface area contributed by atoms with Gasteiger partial charge in [0, 0.05) is 19.2 Å². The summed E-state index contributed by atoms with van der Waals surface area (Å²) in [5.74, 6) is 0.422. The van der Waals surface area contributed by atoms with Gasteiger partial charge in [-0.25, -0.2) is 21.8 Å². The molecular formula is C17H19ClN4O4S2. The predicted molar refractivity (Wildman–Crippen MR) is 108 cm³/mol. The number of halogens is 1. The minimum atomic E-state index is -4.02. The second kappa shape index (κ2) is 8.46. The van der Waals surface area contributed by atoms with Crippen LogP contribution in [0.3, 0.4) is 0 Å². The molecule has 0 saturated carbocycles. The zero-order chi connectivity index (χ0) is 20.2. The molecule has 28 heavy (non-hydrogen) atoms.